The Bertz CT molecular complexity index is 1150. The lowest BCUT2D eigenvalue weighted by molar-refractivity contribution is 0.202. The molecule has 4 rings (SSSR count). The van der Waals surface area contributed by atoms with Crippen LogP contribution in [0.3, 0.4) is 0 Å². The monoisotopic (exact) mass is 417 g/mol. The van der Waals surface area contributed by atoms with Crippen molar-refractivity contribution < 1.29 is 9.15 Å². The van der Waals surface area contributed by atoms with E-state index in [2.05, 4.69) is 64.7 Å². The predicted octanol–water partition coefficient (Wildman–Crippen LogP) is 5.17. The number of anilines is 1. The van der Waals surface area contributed by atoms with E-state index in [1.165, 1.54) is 0 Å². The molecule has 0 atom stereocenters. The molecule has 31 heavy (non-hydrogen) atoms. The first kappa shape index (κ1) is 20.8. The van der Waals surface area contributed by atoms with Gasteiger partial charge in [-0.3, -0.25) is 4.98 Å². The molecule has 0 unspecified atom stereocenters. The van der Waals surface area contributed by atoms with Crippen molar-refractivity contribution in [2.24, 2.45) is 0 Å². The number of allylic oxidation sites excluding steroid dienone is 2. The van der Waals surface area contributed by atoms with Crippen molar-refractivity contribution >= 4 is 5.69 Å². The van der Waals surface area contributed by atoms with Gasteiger partial charge in [0.2, 0.25) is 0 Å². The summed E-state index contributed by atoms with van der Waals surface area (Å²) in [6.45, 7) is 11.3. The Balaban J connectivity index is 1.53. The van der Waals surface area contributed by atoms with E-state index < -0.39 is 0 Å². The first-order chi connectivity index (χ1) is 14.9. The Hall–Kier alpha value is -3.48. The van der Waals surface area contributed by atoms with Crippen LogP contribution < -0.4 is 4.90 Å². The number of oxazole rings is 1. The average molecular weight is 418 g/mol. The van der Waals surface area contributed by atoms with Gasteiger partial charge in [-0.05, 0) is 43.7 Å². The van der Waals surface area contributed by atoms with E-state index in [1.807, 2.05) is 25.3 Å². The first-order valence-corrected chi connectivity index (χ1v) is 10.4. The molecule has 0 spiro atoms. The van der Waals surface area contributed by atoms with Gasteiger partial charge in [-0.1, -0.05) is 13.8 Å². The summed E-state index contributed by atoms with van der Waals surface area (Å²) in [6.07, 6.45) is 7.32. The van der Waals surface area contributed by atoms with Gasteiger partial charge in [0, 0.05) is 43.2 Å². The van der Waals surface area contributed by atoms with Crippen LogP contribution in [-0.4, -0.2) is 26.5 Å². The second kappa shape index (κ2) is 8.71. The van der Waals surface area contributed by atoms with E-state index in [0.717, 1.165) is 52.2 Å². The minimum Gasteiger partial charge on any atom is -0.487 e. The van der Waals surface area contributed by atoms with Crippen molar-refractivity contribution in [3.8, 4) is 11.4 Å². The molecule has 1 aliphatic heterocycles. The zero-order valence-electron chi connectivity index (χ0n) is 18.6. The summed E-state index contributed by atoms with van der Waals surface area (Å²) in [6, 6.07) is 5.99. The molecule has 4 heterocycles. The van der Waals surface area contributed by atoms with E-state index in [-0.39, 0.29) is 5.92 Å². The molecule has 0 aromatic carbocycles. The van der Waals surface area contributed by atoms with Crippen molar-refractivity contribution in [3.63, 3.8) is 0 Å². The Kier molecular flexibility index (Phi) is 5.84. The molecule has 0 fully saturated rings. The fourth-order valence-corrected chi connectivity index (χ4v) is 3.44. The smallest absolute Gasteiger partial charge is 0.191 e. The molecule has 0 aliphatic carbocycles. The maximum absolute atomic E-state index is 6.00. The number of hydrogen-bond acceptors (Lipinski definition) is 7. The van der Waals surface area contributed by atoms with E-state index in [4.69, 9.17) is 9.15 Å². The zero-order chi connectivity index (χ0) is 22.0. The standard InChI is InChI=1S/C24H27N5O2/c1-15(2)24-26-9-7-21(28-24)22-11-20(6-8-25-22)29-12-16(3)23(10-17(29)4)31-14-19-13-30-18(5)27-19/h6-11,13,15H,12,14H2,1-5H3. The third-order valence-electron chi connectivity index (χ3n) is 5.13. The number of pyridine rings is 1. The van der Waals surface area contributed by atoms with Crippen LogP contribution in [0, 0.1) is 6.92 Å². The Morgan fingerprint density at radius 2 is 1.87 bits per heavy atom. The second-order valence-corrected chi connectivity index (χ2v) is 8.02. The minimum atomic E-state index is 0.266. The number of aryl methyl sites for hydroxylation is 1. The minimum absolute atomic E-state index is 0.266. The highest BCUT2D eigenvalue weighted by atomic mass is 16.5. The zero-order valence-corrected chi connectivity index (χ0v) is 18.6. The molecular formula is C24H27N5O2. The number of rotatable bonds is 6. The molecule has 0 saturated heterocycles. The Morgan fingerprint density at radius 3 is 2.61 bits per heavy atom. The Morgan fingerprint density at radius 1 is 1.06 bits per heavy atom. The summed E-state index contributed by atoms with van der Waals surface area (Å²) in [4.78, 5) is 20.1. The molecular weight excluding hydrogens is 390 g/mol. The third-order valence-corrected chi connectivity index (χ3v) is 5.13. The SMILES string of the molecule is CC1=CC(OCc2coc(C)n2)=C(C)CN1c1ccnc(-c2ccnc(C(C)C)n2)c1. The van der Waals surface area contributed by atoms with Gasteiger partial charge >= 0.3 is 0 Å². The van der Waals surface area contributed by atoms with Crippen molar-refractivity contribution in [3.05, 3.63) is 77.4 Å². The molecule has 7 nitrogen and oxygen atoms in total. The quantitative estimate of drug-likeness (QED) is 0.547. The van der Waals surface area contributed by atoms with Gasteiger partial charge in [0.1, 0.15) is 30.1 Å². The normalized spacial score (nSPS) is 14.3. The van der Waals surface area contributed by atoms with Gasteiger partial charge in [-0.2, -0.15) is 0 Å². The molecule has 0 saturated carbocycles. The lowest BCUT2D eigenvalue weighted by atomic mass is 10.1. The van der Waals surface area contributed by atoms with E-state index in [0.29, 0.717) is 12.5 Å². The molecule has 160 valence electrons. The highest BCUT2D eigenvalue weighted by molar-refractivity contribution is 5.64. The molecule has 0 radical (unpaired) electrons. The molecule has 7 heteroatoms. The largest absolute Gasteiger partial charge is 0.487 e. The molecule has 1 aliphatic rings. The van der Waals surface area contributed by atoms with Crippen LogP contribution >= 0.6 is 0 Å². The van der Waals surface area contributed by atoms with Crippen molar-refractivity contribution in [2.75, 3.05) is 11.4 Å². The predicted molar refractivity (Wildman–Crippen MR) is 119 cm³/mol. The van der Waals surface area contributed by atoms with Crippen molar-refractivity contribution in [1.82, 2.24) is 19.9 Å². The van der Waals surface area contributed by atoms with Gasteiger partial charge in [-0.25, -0.2) is 15.0 Å². The van der Waals surface area contributed by atoms with Crippen molar-refractivity contribution in [1.29, 1.82) is 0 Å². The van der Waals surface area contributed by atoms with E-state index >= 15 is 0 Å². The molecule has 3 aromatic heterocycles. The number of nitrogens with zero attached hydrogens (tertiary/aromatic N) is 5. The summed E-state index contributed by atoms with van der Waals surface area (Å²) in [7, 11) is 0. The summed E-state index contributed by atoms with van der Waals surface area (Å²) in [5.41, 5.74) is 5.76. The molecule has 0 bridgehead atoms. The van der Waals surface area contributed by atoms with E-state index in [9.17, 15) is 0 Å². The van der Waals surface area contributed by atoms with Crippen LogP contribution in [0.2, 0.25) is 0 Å². The van der Waals surface area contributed by atoms with Crippen LogP contribution in [0.15, 0.2) is 64.4 Å². The van der Waals surface area contributed by atoms with Gasteiger partial charge in [0.15, 0.2) is 5.89 Å². The lowest BCUT2D eigenvalue weighted by Gasteiger charge is -2.30. The topological polar surface area (TPSA) is 77.2 Å². The number of ether oxygens (including phenoxy) is 1. The summed E-state index contributed by atoms with van der Waals surface area (Å²) >= 11 is 0. The van der Waals surface area contributed by atoms with Gasteiger partial charge < -0.3 is 14.1 Å². The summed E-state index contributed by atoms with van der Waals surface area (Å²) in [5.74, 6) is 2.61. The highest BCUT2D eigenvalue weighted by Gasteiger charge is 2.19. The molecule has 3 aromatic rings. The van der Waals surface area contributed by atoms with Crippen LogP contribution in [0.25, 0.3) is 11.4 Å². The highest BCUT2D eigenvalue weighted by Crippen LogP contribution is 2.29. The molecule has 0 amide bonds. The molecule has 0 N–H and O–H groups in total. The van der Waals surface area contributed by atoms with Gasteiger partial charge in [-0.15, -0.1) is 0 Å². The van der Waals surface area contributed by atoms with Crippen LogP contribution in [-0.2, 0) is 11.3 Å². The number of aromatic nitrogens is 4. The third kappa shape index (κ3) is 4.66. The second-order valence-electron chi connectivity index (χ2n) is 8.02. The summed E-state index contributed by atoms with van der Waals surface area (Å²) in [5, 5.41) is 0. The fourth-order valence-electron chi connectivity index (χ4n) is 3.44. The van der Waals surface area contributed by atoms with E-state index in [1.54, 1.807) is 12.5 Å². The fraction of sp³-hybridized carbons (Fsp3) is 0.333. The maximum atomic E-state index is 6.00. The van der Waals surface area contributed by atoms with Gasteiger partial charge in [0.05, 0.1) is 11.4 Å². The maximum Gasteiger partial charge on any atom is 0.191 e. The summed E-state index contributed by atoms with van der Waals surface area (Å²) < 4.78 is 11.3. The van der Waals surface area contributed by atoms with Gasteiger partial charge in [0.25, 0.3) is 0 Å². The van der Waals surface area contributed by atoms with Crippen LogP contribution in [0.4, 0.5) is 5.69 Å². The van der Waals surface area contributed by atoms with Crippen LogP contribution in [0.5, 0.6) is 0 Å². The lowest BCUT2D eigenvalue weighted by Crippen LogP contribution is -2.27. The van der Waals surface area contributed by atoms with Crippen molar-refractivity contribution in [2.45, 2.75) is 47.1 Å². The first-order valence-electron chi connectivity index (χ1n) is 10.4. The average Bonchev–Trinajstić information content (AvgIpc) is 3.19. The Labute approximate surface area is 182 Å². The number of hydrogen-bond donors (Lipinski definition) is 0. The van der Waals surface area contributed by atoms with Crippen LogP contribution in [0.1, 0.15) is 51.0 Å².